The van der Waals surface area contributed by atoms with Gasteiger partial charge in [-0.1, -0.05) is 6.07 Å². The lowest BCUT2D eigenvalue weighted by Gasteiger charge is -2.07. The van der Waals surface area contributed by atoms with Gasteiger partial charge < -0.3 is 15.4 Å². The number of amides is 1. The van der Waals surface area contributed by atoms with Gasteiger partial charge in [0.2, 0.25) is 5.91 Å². The summed E-state index contributed by atoms with van der Waals surface area (Å²) in [6, 6.07) is 4.73. The number of hydrogen-bond donors (Lipinski definition) is 2. The van der Waals surface area contributed by atoms with Crippen LogP contribution in [0.5, 0.6) is 5.75 Å². The molecular formula is C13H19FN2O2. The predicted octanol–water partition coefficient (Wildman–Crippen LogP) is 1.45. The van der Waals surface area contributed by atoms with Crippen LogP contribution in [0.2, 0.25) is 0 Å². The Kier molecular flexibility index (Phi) is 6.14. The van der Waals surface area contributed by atoms with Crippen LogP contribution in [0.1, 0.15) is 18.9 Å². The first kappa shape index (κ1) is 14.4. The van der Waals surface area contributed by atoms with Crippen molar-refractivity contribution < 1.29 is 13.9 Å². The third-order valence-corrected chi connectivity index (χ3v) is 2.48. The molecule has 0 aliphatic carbocycles. The number of benzene rings is 1. The van der Waals surface area contributed by atoms with E-state index in [1.54, 1.807) is 12.1 Å². The monoisotopic (exact) mass is 254 g/mol. The van der Waals surface area contributed by atoms with Gasteiger partial charge in [0.25, 0.3) is 0 Å². The zero-order chi connectivity index (χ0) is 13.4. The lowest BCUT2D eigenvalue weighted by atomic mass is 10.2. The fraction of sp³-hybridized carbons (Fsp3) is 0.462. The Morgan fingerprint density at radius 3 is 2.83 bits per heavy atom. The molecule has 18 heavy (non-hydrogen) atoms. The van der Waals surface area contributed by atoms with Crippen LogP contribution >= 0.6 is 0 Å². The van der Waals surface area contributed by atoms with Gasteiger partial charge in [-0.05, 0) is 13.0 Å². The van der Waals surface area contributed by atoms with E-state index in [4.69, 9.17) is 4.74 Å². The maximum atomic E-state index is 13.5. The molecule has 0 heterocycles. The third kappa shape index (κ3) is 4.71. The van der Waals surface area contributed by atoms with Gasteiger partial charge in [-0.3, -0.25) is 4.79 Å². The van der Waals surface area contributed by atoms with Crippen molar-refractivity contribution in [3.8, 4) is 5.75 Å². The minimum absolute atomic E-state index is 0.000188. The van der Waals surface area contributed by atoms with Gasteiger partial charge in [0.1, 0.15) is 11.6 Å². The van der Waals surface area contributed by atoms with E-state index in [1.165, 1.54) is 13.2 Å². The number of carbonyl (C=O) groups is 1. The first-order valence-corrected chi connectivity index (χ1v) is 5.97. The Labute approximate surface area is 107 Å². The highest BCUT2D eigenvalue weighted by atomic mass is 19.1. The molecule has 0 unspecified atom stereocenters. The molecule has 1 rings (SSSR count). The number of ether oxygens (including phenoxy) is 1. The van der Waals surface area contributed by atoms with E-state index in [9.17, 15) is 9.18 Å². The Bertz CT molecular complexity index is 397. The van der Waals surface area contributed by atoms with E-state index in [1.807, 2.05) is 6.92 Å². The molecule has 0 aliphatic rings. The highest BCUT2D eigenvalue weighted by Gasteiger charge is 2.04. The fourth-order valence-electron chi connectivity index (χ4n) is 1.51. The average molecular weight is 254 g/mol. The Morgan fingerprint density at radius 1 is 1.44 bits per heavy atom. The first-order valence-electron chi connectivity index (χ1n) is 5.97. The van der Waals surface area contributed by atoms with Crippen LogP contribution in [0, 0.1) is 5.82 Å². The maximum Gasteiger partial charge on any atom is 0.221 e. The van der Waals surface area contributed by atoms with Crippen molar-refractivity contribution in [1.82, 2.24) is 10.6 Å². The molecule has 0 radical (unpaired) electrons. The maximum absolute atomic E-state index is 13.5. The summed E-state index contributed by atoms with van der Waals surface area (Å²) in [5.74, 6) is 0.193. The Balaban J connectivity index is 2.33. The first-order chi connectivity index (χ1) is 8.67. The van der Waals surface area contributed by atoms with E-state index in [-0.39, 0.29) is 11.7 Å². The van der Waals surface area contributed by atoms with Crippen molar-refractivity contribution in [3.05, 3.63) is 29.6 Å². The van der Waals surface area contributed by atoms with Gasteiger partial charge in [-0.15, -0.1) is 0 Å². The summed E-state index contributed by atoms with van der Waals surface area (Å²) >= 11 is 0. The topological polar surface area (TPSA) is 50.4 Å². The number of methoxy groups -OCH3 is 1. The SMILES string of the molecule is CCNC(=O)CCNCc1ccc(OC)cc1F. The molecule has 0 saturated carbocycles. The van der Waals surface area contributed by atoms with Crippen LogP contribution in [0.25, 0.3) is 0 Å². The molecule has 0 atom stereocenters. The predicted molar refractivity (Wildman–Crippen MR) is 68.0 cm³/mol. The van der Waals surface area contributed by atoms with Gasteiger partial charge in [-0.25, -0.2) is 4.39 Å². The molecule has 4 nitrogen and oxygen atoms in total. The standard InChI is InChI=1S/C13H19FN2O2/c1-3-16-13(17)6-7-15-9-10-4-5-11(18-2)8-12(10)14/h4-5,8,15H,3,6-7,9H2,1-2H3,(H,16,17). The van der Waals surface area contributed by atoms with E-state index in [0.717, 1.165) is 0 Å². The molecule has 100 valence electrons. The van der Waals surface area contributed by atoms with Gasteiger partial charge in [0, 0.05) is 37.7 Å². The van der Waals surface area contributed by atoms with Crippen LogP contribution in [0.15, 0.2) is 18.2 Å². The van der Waals surface area contributed by atoms with Gasteiger partial charge in [-0.2, -0.15) is 0 Å². The molecule has 0 fully saturated rings. The molecule has 2 N–H and O–H groups in total. The molecule has 5 heteroatoms. The number of halogens is 1. The Hall–Kier alpha value is -1.62. The second-order valence-corrected chi connectivity index (χ2v) is 3.84. The van der Waals surface area contributed by atoms with E-state index in [0.29, 0.717) is 37.4 Å². The van der Waals surface area contributed by atoms with Crippen molar-refractivity contribution in [1.29, 1.82) is 0 Å². The number of rotatable bonds is 7. The number of carbonyl (C=O) groups excluding carboxylic acids is 1. The molecule has 1 aromatic rings. The fourth-order valence-corrected chi connectivity index (χ4v) is 1.51. The average Bonchev–Trinajstić information content (AvgIpc) is 2.36. The summed E-state index contributed by atoms with van der Waals surface area (Å²) in [6.07, 6.45) is 0.394. The number of hydrogen-bond acceptors (Lipinski definition) is 3. The van der Waals surface area contributed by atoms with Crippen LogP contribution in [-0.2, 0) is 11.3 Å². The summed E-state index contributed by atoms with van der Waals surface area (Å²) in [7, 11) is 1.50. The van der Waals surface area contributed by atoms with Crippen molar-refractivity contribution in [2.75, 3.05) is 20.2 Å². The molecule has 0 spiro atoms. The largest absolute Gasteiger partial charge is 0.497 e. The van der Waals surface area contributed by atoms with E-state index >= 15 is 0 Å². The molecular weight excluding hydrogens is 235 g/mol. The normalized spacial score (nSPS) is 10.2. The lowest BCUT2D eigenvalue weighted by molar-refractivity contribution is -0.120. The van der Waals surface area contributed by atoms with Crippen LogP contribution in [0.3, 0.4) is 0 Å². The second kappa shape index (κ2) is 7.66. The molecule has 1 amide bonds. The molecule has 0 aliphatic heterocycles. The van der Waals surface area contributed by atoms with Crippen molar-refractivity contribution in [3.63, 3.8) is 0 Å². The van der Waals surface area contributed by atoms with E-state index in [2.05, 4.69) is 10.6 Å². The van der Waals surface area contributed by atoms with Crippen molar-refractivity contribution in [2.24, 2.45) is 0 Å². The summed E-state index contributed by atoms with van der Waals surface area (Å²) in [5.41, 5.74) is 0.562. The second-order valence-electron chi connectivity index (χ2n) is 3.84. The smallest absolute Gasteiger partial charge is 0.221 e. The highest BCUT2D eigenvalue weighted by Crippen LogP contribution is 2.15. The van der Waals surface area contributed by atoms with Crippen LogP contribution < -0.4 is 15.4 Å². The number of nitrogens with one attached hydrogen (secondary N) is 2. The molecule has 1 aromatic carbocycles. The zero-order valence-corrected chi connectivity index (χ0v) is 10.8. The lowest BCUT2D eigenvalue weighted by Crippen LogP contribution is -2.27. The van der Waals surface area contributed by atoms with Crippen LogP contribution in [-0.4, -0.2) is 26.1 Å². The van der Waals surface area contributed by atoms with Gasteiger partial charge in [0.05, 0.1) is 7.11 Å². The molecule has 0 bridgehead atoms. The molecule has 0 aromatic heterocycles. The summed E-state index contributed by atoms with van der Waals surface area (Å²) in [4.78, 5) is 11.2. The van der Waals surface area contributed by atoms with Crippen molar-refractivity contribution >= 4 is 5.91 Å². The summed E-state index contributed by atoms with van der Waals surface area (Å²) < 4.78 is 18.5. The quantitative estimate of drug-likeness (QED) is 0.724. The minimum atomic E-state index is -0.306. The zero-order valence-electron chi connectivity index (χ0n) is 10.8. The molecule has 0 saturated heterocycles. The summed E-state index contributed by atoms with van der Waals surface area (Å²) in [6.45, 7) is 3.43. The summed E-state index contributed by atoms with van der Waals surface area (Å²) in [5, 5.41) is 5.73. The van der Waals surface area contributed by atoms with E-state index < -0.39 is 0 Å². The van der Waals surface area contributed by atoms with Gasteiger partial charge in [0.15, 0.2) is 0 Å². The van der Waals surface area contributed by atoms with Crippen molar-refractivity contribution in [2.45, 2.75) is 19.9 Å². The third-order valence-electron chi connectivity index (χ3n) is 2.48. The Morgan fingerprint density at radius 2 is 2.22 bits per heavy atom. The van der Waals surface area contributed by atoms with Crippen LogP contribution in [0.4, 0.5) is 4.39 Å². The highest BCUT2D eigenvalue weighted by molar-refractivity contribution is 5.75. The minimum Gasteiger partial charge on any atom is -0.497 e. The van der Waals surface area contributed by atoms with Gasteiger partial charge >= 0.3 is 0 Å².